The molecule has 0 aliphatic heterocycles. The number of azo groups is 2. The van der Waals surface area contributed by atoms with E-state index in [0.29, 0.717) is 83.5 Å². The van der Waals surface area contributed by atoms with Crippen LogP contribution in [0.5, 0.6) is 0 Å². The molecular formula is C94H158N16O4. The zero-order valence-electron chi connectivity index (χ0n) is 75.7. The molecule has 0 saturated carbocycles. The van der Waals surface area contributed by atoms with E-state index in [1.807, 2.05) is 77.9 Å². The van der Waals surface area contributed by atoms with Gasteiger partial charge in [0.1, 0.15) is 17.7 Å². The Kier molecular flexibility index (Phi) is 42.3. The minimum Gasteiger partial charge on any atom is -0.382 e. The first-order chi connectivity index (χ1) is 54.7. The number of unbranched alkanes of at least 4 members (excludes halogenated alkanes) is 8. The van der Waals surface area contributed by atoms with Crippen molar-refractivity contribution >= 4 is 58.0 Å². The van der Waals surface area contributed by atoms with Gasteiger partial charge in [0.2, 0.25) is 0 Å². The molecule has 0 saturated heterocycles. The van der Waals surface area contributed by atoms with Gasteiger partial charge in [0.05, 0.1) is 33.6 Å². The second-order valence-corrected chi connectivity index (χ2v) is 34.8. The van der Waals surface area contributed by atoms with E-state index >= 15 is 19.2 Å². The van der Waals surface area contributed by atoms with E-state index in [-0.39, 0.29) is 93.8 Å². The molecule has 638 valence electrons. The van der Waals surface area contributed by atoms with Crippen molar-refractivity contribution in [2.24, 2.45) is 44.1 Å². The topological polar surface area (TPSA) is 244 Å². The van der Waals surface area contributed by atoms with Gasteiger partial charge in [-0.1, -0.05) is 293 Å². The highest BCUT2D eigenvalue weighted by Crippen LogP contribution is 2.43. The second-order valence-electron chi connectivity index (χ2n) is 34.8. The van der Waals surface area contributed by atoms with E-state index in [2.05, 4.69) is 130 Å². The number of amides is 4. The number of nitrogens with two attached hydrogens (primary N) is 2. The maximum Gasteiger partial charge on any atom is 0.256 e. The Bertz CT molecular complexity index is 3380. The predicted molar refractivity (Wildman–Crippen MR) is 476 cm³/mol. The highest BCUT2D eigenvalue weighted by molar-refractivity contribution is 6.08. The Hall–Kier alpha value is -7.38. The molecular weight excluding hydrogens is 1420 g/mol. The summed E-state index contributed by atoms with van der Waals surface area (Å²) in [4.78, 5) is 82.3. The van der Waals surface area contributed by atoms with Crippen LogP contribution in [0.1, 0.15) is 411 Å². The van der Waals surface area contributed by atoms with Crippen LogP contribution in [0.15, 0.2) is 69.2 Å². The van der Waals surface area contributed by atoms with Crippen molar-refractivity contribution in [3.05, 3.63) is 82.4 Å². The zero-order valence-corrected chi connectivity index (χ0v) is 75.7. The Morgan fingerprint density at radius 2 is 0.579 bits per heavy atom. The standard InChI is InChI=1S/C94H158N16O4/c1-23-39-49-67(31-9)62-105(71(35-13)53-43-27-5)89(111)75-57-47-58-76(90(112)106(72(36-14)54-44-28-6)63-68(32-10)50-40-24-2)81(75)99-101-83-85(93(17,18)19)103-109(87(83)95)79-61-80(98-66-97-79)110-88(96)84(86(104-110)94(20,21)22)102-100-82-77(91(113)107(73(37-15)55-45-29-7)64-69(33-11)51-41-25-3)59-48-60-78(82)92(114)108(74(38-16)56-46-30-8)65-70(34-12)52-42-26-4/h47-48,57-61,66-74H,23-46,49-56,62-65,95-96H2,1-22H3/b101-99+,102-100+. The van der Waals surface area contributed by atoms with Gasteiger partial charge in [-0.3, -0.25) is 19.2 Å². The molecule has 20 nitrogen and oxygen atoms in total. The molecule has 0 aliphatic rings. The average molecular weight is 1580 g/mol. The van der Waals surface area contributed by atoms with Crippen molar-refractivity contribution < 1.29 is 19.2 Å². The van der Waals surface area contributed by atoms with Gasteiger partial charge in [0, 0.05) is 67.2 Å². The quantitative estimate of drug-likeness (QED) is 0.0349. The van der Waals surface area contributed by atoms with Crippen LogP contribution in [0.2, 0.25) is 0 Å². The summed E-state index contributed by atoms with van der Waals surface area (Å²) in [6, 6.07) is 12.6. The number of hydrogen-bond acceptors (Lipinski definition) is 14. The smallest absolute Gasteiger partial charge is 0.256 e. The number of rotatable bonds is 54. The molecule has 8 unspecified atom stereocenters. The molecule has 114 heavy (non-hydrogen) atoms. The van der Waals surface area contributed by atoms with E-state index in [1.54, 1.807) is 6.07 Å². The normalized spacial score (nSPS) is 14.3. The van der Waals surface area contributed by atoms with Crippen LogP contribution in [-0.4, -0.2) is 123 Å². The maximum absolute atomic E-state index is 16.1. The van der Waals surface area contributed by atoms with Crippen molar-refractivity contribution in [1.82, 2.24) is 49.1 Å². The van der Waals surface area contributed by atoms with Crippen LogP contribution >= 0.6 is 0 Å². The van der Waals surface area contributed by atoms with E-state index < -0.39 is 10.8 Å². The van der Waals surface area contributed by atoms with Crippen molar-refractivity contribution in [1.29, 1.82) is 0 Å². The molecule has 0 bridgehead atoms. The number of anilines is 2. The lowest BCUT2D eigenvalue weighted by Gasteiger charge is -2.36. The first-order valence-electron chi connectivity index (χ1n) is 45.6. The van der Waals surface area contributed by atoms with Crippen molar-refractivity contribution in [2.75, 3.05) is 37.6 Å². The van der Waals surface area contributed by atoms with Crippen LogP contribution in [0, 0.1) is 23.7 Å². The molecule has 5 aromatic rings. The van der Waals surface area contributed by atoms with Crippen LogP contribution < -0.4 is 11.5 Å². The summed E-state index contributed by atoms with van der Waals surface area (Å²) in [6.07, 6.45) is 32.3. The fourth-order valence-corrected chi connectivity index (χ4v) is 16.2. The van der Waals surface area contributed by atoms with E-state index in [0.717, 1.165) is 205 Å². The molecule has 3 aromatic heterocycles. The first kappa shape index (κ1) is 97.2. The fraction of sp³-hybridized carbons (Fsp3) is 0.723. The Morgan fingerprint density at radius 3 is 0.789 bits per heavy atom. The number of aromatic nitrogens is 6. The number of hydrogen-bond donors (Lipinski definition) is 2. The second kappa shape index (κ2) is 49.6. The highest BCUT2D eigenvalue weighted by Gasteiger charge is 2.38. The largest absolute Gasteiger partial charge is 0.382 e. The van der Waals surface area contributed by atoms with Gasteiger partial charge < -0.3 is 31.1 Å². The zero-order chi connectivity index (χ0) is 84.2. The molecule has 5 rings (SSSR count). The average Bonchev–Trinajstić information content (AvgIpc) is 1.77. The molecule has 0 fully saturated rings. The number of nitrogens with zero attached hydrogens (tertiary/aromatic N) is 14. The van der Waals surface area contributed by atoms with Crippen molar-refractivity contribution in [3.63, 3.8) is 0 Å². The number of benzene rings is 2. The summed E-state index contributed by atoms with van der Waals surface area (Å²) in [6.45, 7) is 49.9. The van der Waals surface area contributed by atoms with Crippen molar-refractivity contribution in [3.8, 4) is 11.6 Å². The number of carbonyl (C=O) groups is 4. The summed E-state index contributed by atoms with van der Waals surface area (Å²) < 4.78 is 3.04. The molecule has 0 radical (unpaired) electrons. The molecule has 2 aromatic carbocycles. The van der Waals surface area contributed by atoms with Crippen molar-refractivity contribution in [2.45, 2.75) is 393 Å². The van der Waals surface area contributed by atoms with Gasteiger partial charge in [0.15, 0.2) is 34.6 Å². The molecule has 8 atom stereocenters. The van der Waals surface area contributed by atoms with Crippen LogP contribution in [0.25, 0.3) is 11.6 Å². The Morgan fingerprint density at radius 1 is 0.351 bits per heavy atom. The monoisotopic (exact) mass is 1580 g/mol. The van der Waals surface area contributed by atoms with E-state index in [9.17, 15) is 0 Å². The Balaban J connectivity index is 1.85. The summed E-state index contributed by atoms with van der Waals surface area (Å²) in [5.41, 5.74) is 16.7. The SMILES string of the molecule is CCCCC(CC)CN(C(=O)c1cccc(C(=O)N(CC(CC)CCCC)C(CC)CCCC)c1/N=N/c1c(C(C)(C)C)nn(-c2cc(-n3nc(C(C)(C)C)c(/N=N/c4c(C(=O)N(CC(CC)CCCC)C(CC)CCCC)cccc4C(=O)N(CC(CC)CCCC)C(CC)CCCC)c3N)ncn2)c1N)C(CC)CCCC. The number of nitrogen functional groups attached to an aromatic ring is 2. The van der Waals surface area contributed by atoms with Crippen LogP contribution in [0.4, 0.5) is 34.4 Å². The summed E-state index contributed by atoms with van der Waals surface area (Å²) in [7, 11) is 0. The molecule has 4 amide bonds. The van der Waals surface area contributed by atoms with Gasteiger partial charge >= 0.3 is 0 Å². The Labute approximate surface area is 691 Å². The lowest BCUT2D eigenvalue weighted by atomic mass is 9.91. The van der Waals surface area contributed by atoms with Crippen LogP contribution in [-0.2, 0) is 10.8 Å². The van der Waals surface area contributed by atoms with Gasteiger partial charge in [-0.2, -0.15) is 19.6 Å². The highest BCUT2D eigenvalue weighted by atomic mass is 16.2. The third-order valence-electron chi connectivity index (χ3n) is 24.0. The molecule has 20 heteroatoms. The third kappa shape index (κ3) is 26.8. The maximum atomic E-state index is 16.1. The predicted octanol–water partition coefficient (Wildman–Crippen LogP) is 25.9. The summed E-state index contributed by atoms with van der Waals surface area (Å²) in [5, 5.41) is 31.0. The molecule has 4 N–H and O–H groups in total. The van der Waals surface area contributed by atoms with E-state index in [4.69, 9.17) is 52.1 Å². The minimum absolute atomic E-state index is 0.0267. The minimum atomic E-state index is -0.676. The lowest BCUT2D eigenvalue weighted by Crippen LogP contribution is -2.44. The molecule has 0 spiro atoms. The lowest BCUT2D eigenvalue weighted by molar-refractivity contribution is 0.0598. The third-order valence-corrected chi connectivity index (χ3v) is 24.0. The number of carbonyl (C=O) groups excluding carboxylic acids is 4. The summed E-state index contributed by atoms with van der Waals surface area (Å²) >= 11 is 0. The van der Waals surface area contributed by atoms with Gasteiger partial charge in [-0.25, -0.2) is 9.97 Å². The molecule has 0 aliphatic carbocycles. The molecule has 3 heterocycles. The summed E-state index contributed by atoms with van der Waals surface area (Å²) in [5.74, 6) is 1.30. The first-order valence-corrected chi connectivity index (χ1v) is 45.6. The van der Waals surface area contributed by atoms with Gasteiger partial charge in [0.25, 0.3) is 23.6 Å². The van der Waals surface area contributed by atoms with Gasteiger partial charge in [-0.05, 0) is 125 Å². The van der Waals surface area contributed by atoms with E-state index in [1.165, 1.54) is 15.7 Å². The fourth-order valence-electron chi connectivity index (χ4n) is 16.2. The van der Waals surface area contributed by atoms with Gasteiger partial charge in [-0.15, -0.1) is 20.5 Å². The van der Waals surface area contributed by atoms with Crippen LogP contribution in [0.3, 0.4) is 0 Å².